The first kappa shape index (κ1) is 46.6. The number of isothiocyanates is 2. The number of ether oxygens (including phenoxy) is 8. The third-order valence-electron chi connectivity index (χ3n) is 9.24. The Morgan fingerprint density at radius 3 is 0.919 bits per heavy atom. The molecule has 0 spiro atoms. The van der Waals surface area contributed by atoms with Crippen LogP contribution in [0.4, 0.5) is 11.4 Å². The summed E-state index contributed by atoms with van der Waals surface area (Å²) in [5.74, 6) is -0.839. The van der Waals surface area contributed by atoms with Crippen molar-refractivity contribution >= 4 is 70.0 Å². The zero-order valence-corrected chi connectivity index (χ0v) is 36.5. The Bertz CT molecular complexity index is 2130. The highest BCUT2D eigenvalue weighted by atomic mass is 32.1. The van der Waals surface area contributed by atoms with Gasteiger partial charge in [0.15, 0.2) is 26.4 Å². The molecule has 0 amide bonds. The molecule has 1 aliphatic rings. The fourth-order valence-corrected chi connectivity index (χ4v) is 7.17. The second kappa shape index (κ2) is 23.5. The van der Waals surface area contributed by atoms with Crippen LogP contribution in [0.25, 0.3) is 0 Å². The van der Waals surface area contributed by atoms with Crippen molar-refractivity contribution in [1.29, 1.82) is 0 Å². The number of carbonyl (C=O) groups is 4. The van der Waals surface area contributed by atoms with Gasteiger partial charge in [0, 0.05) is 47.9 Å². The lowest BCUT2D eigenvalue weighted by atomic mass is 9.90. The van der Waals surface area contributed by atoms with Crippen molar-refractivity contribution in [3.05, 3.63) is 105 Å². The van der Waals surface area contributed by atoms with Crippen molar-refractivity contribution in [3.63, 3.8) is 0 Å². The number of para-hydroxylation sites is 2. The van der Waals surface area contributed by atoms with Crippen LogP contribution in [-0.2, 0) is 63.8 Å². The maximum atomic E-state index is 12.8. The van der Waals surface area contributed by atoms with Gasteiger partial charge >= 0.3 is 23.9 Å². The van der Waals surface area contributed by atoms with E-state index in [9.17, 15) is 19.2 Å². The molecule has 324 valence electrons. The van der Waals surface area contributed by atoms with Gasteiger partial charge in [-0.05, 0) is 98.6 Å². The third kappa shape index (κ3) is 12.8. The van der Waals surface area contributed by atoms with Gasteiger partial charge in [-0.2, -0.15) is 9.98 Å². The molecule has 0 N–H and O–H groups in total. The highest BCUT2D eigenvalue weighted by Crippen LogP contribution is 2.41. The predicted molar refractivity (Wildman–Crippen MR) is 235 cm³/mol. The molecule has 0 atom stereocenters. The molecule has 0 unspecified atom stereocenters. The van der Waals surface area contributed by atoms with Gasteiger partial charge in [-0.15, -0.1) is 0 Å². The van der Waals surface area contributed by atoms with Crippen LogP contribution in [0.1, 0.15) is 72.2 Å². The van der Waals surface area contributed by atoms with E-state index in [4.69, 9.17) is 62.3 Å². The van der Waals surface area contributed by atoms with E-state index in [1.807, 2.05) is 36.4 Å². The lowest BCUT2D eigenvalue weighted by Crippen LogP contribution is -2.18. The Labute approximate surface area is 370 Å². The zero-order chi connectivity index (χ0) is 44.4. The lowest BCUT2D eigenvalue weighted by Gasteiger charge is -2.23. The SMILES string of the molecule is CCOC(=O)COc1c2cccc1Cc1cc(N=C=S)cc(c1OCC(=O)OCC)Cc1cccc(c1OCC(=O)OCC)Cc1cc(N=C=S)cc(c1OCC(=O)OCC)C2. The monoisotopic (exact) mass is 882 g/mol. The highest BCUT2D eigenvalue weighted by Gasteiger charge is 2.25. The van der Waals surface area contributed by atoms with E-state index < -0.39 is 50.3 Å². The minimum absolute atomic E-state index is 0.150. The smallest absolute Gasteiger partial charge is 0.344 e. The number of hydrogen-bond acceptors (Lipinski definition) is 16. The molecule has 0 heterocycles. The van der Waals surface area contributed by atoms with Crippen molar-refractivity contribution < 1.29 is 57.1 Å². The third-order valence-corrected chi connectivity index (χ3v) is 9.43. The molecule has 4 aromatic carbocycles. The van der Waals surface area contributed by atoms with E-state index in [0.29, 0.717) is 78.9 Å². The van der Waals surface area contributed by atoms with Gasteiger partial charge in [0.2, 0.25) is 0 Å². The van der Waals surface area contributed by atoms with Gasteiger partial charge in [0.05, 0.1) is 48.1 Å². The average Bonchev–Trinajstić information content (AvgIpc) is 3.23. The van der Waals surface area contributed by atoms with Crippen molar-refractivity contribution in [1.82, 2.24) is 0 Å². The van der Waals surface area contributed by atoms with Crippen molar-refractivity contribution in [2.75, 3.05) is 52.9 Å². The summed E-state index contributed by atoms with van der Waals surface area (Å²) < 4.78 is 46.2. The molecule has 4 aromatic rings. The normalized spacial score (nSPS) is 11.4. The number of fused-ring (bicyclic) bond motifs is 8. The summed E-state index contributed by atoms with van der Waals surface area (Å²) in [6.07, 6.45) is 0.599. The molecule has 5 rings (SSSR count). The fourth-order valence-electron chi connectivity index (χ4n) is 6.96. The molecular weight excluding hydrogens is 837 g/mol. The average molecular weight is 883 g/mol. The second-order valence-corrected chi connectivity index (χ2v) is 13.9. The van der Waals surface area contributed by atoms with Gasteiger partial charge in [-0.3, -0.25) is 0 Å². The topological polar surface area (TPSA) is 167 Å². The summed E-state index contributed by atoms with van der Waals surface area (Å²) in [4.78, 5) is 59.7. The molecule has 0 saturated carbocycles. The predicted octanol–water partition coefficient (Wildman–Crippen LogP) is 7.60. The summed E-state index contributed by atoms with van der Waals surface area (Å²) in [5.41, 5.74) is 5.80. The van der Waals surface area contributed by atoms with E-state index in [2.05, 4.69) is 20.3 Å². The number of esters is 4. The number of aliphatic imine (C=N–C) groups is 2. The van der Waals surface area contributed by atoms with E-state index in [1.54, 1.807) is 52.0 Å². The van der Waals surface area contributed by atoms with E-state index >= 15 is 0 Å². The van der Waals surface area contributed by atoms with Crippen LogP contribution < -0.4 is 18.9 Å². The Balaban J connectivity index is 1.85. The largest absolute Gasteiger partial charge is 0.481 e. The molecule has 0 saturated heterocycles. The Hall–Kier alpha value is -6.44. The maximum Gasteiger partial charge on any atom is 0.344 e. The molecule has 0 aromatic heterocycles. The Morgan fingerprint density at radius 1 is 0.452 bits per heavy atom. The van der Waals surface area contributed by atoms with Crippen LogP contribution in [-0.4, -0.2) is 87.1 Å². The summed E-state index contributed by atoms with van der Waals surface area (Å²) in [6, 6.07) is 18.1. The number of carbonyl (C=O) groups excluding carboxylic acids is 4. The van der Waals surface area contributed by atoms with Crippen LogP contribution in [0.15, 0.2) is 70.6 Å². The van der Waals surface area contributed by atoms with Gasteiger partial charge < -0.3 is 37.9 Å². The summed E-state index contributed by atoms with van der Waals surface area (Å²) in [5, 5.41) is 4.89. The standard InChI is InChI=1S/C46H46N2O12S2/c1-5-53-39(49)23-57-43-29-11-9-12-30(43)16-34-20-38(48-28-62)22-36(46(34)60-26-42(52)56-8-4)18-32-14-10-13-31(44(32)58-24-40(50)54-6-2)17-35-21-37(47-27-61)19-33(15-29)45(35)59-25-41(51)55-7-3/h9-14,19-22H,5-8,15-18,23-26H2,1-4H3. The second-order valence-electron chi connectivity index (χ2n) is 13.5. The first-order chi connectivity index (χ1) is 30.1. The maximum absolute atomic E-state index is 12.8. The molecule has 0 fully saturated rings. The van der Waals surface area contributed by atoms with Crippen molar-refractivity contribution in [2.24, 2.45) is 9.98 Å². The number of nitrogens with zero attached hydrogens (tertiary/aromatic N) is 2. The summed E-state index contributed by atoms with van der Waals surface area (Å²) in [7, 11) is 0. The molecule has 1 aliphatic carbocycles. The minimum atomic E-state index is -0.576. The van der Waals surface area contributed by atoms with Crippen LogP contribution in [0.5, 0.6) is 23.0 Å². The number of rotatable bonds is 18. The first-order valence-electron chi connectivity index (χ1n) is 19.9. The molecule has 62 heavy (non-hydrogen) atoms. The number of thiocarbonyl (C=S) groups is 2. The van der Waals surface area contributed by atoms with Gasteiger partial charge in [-0.1, -0.05) is 36.4 Å². The van der Waals surface area contributed by atoms with E-state index in [1.165, 1.54) is 0 Å². The number of benzene rings is 4. The van der Waals surface area contributed by atoms with Crippen molar-refractivity contribution in [2.45, 2.75) is 53.4 Å². The fraction of sp³-hybridized carbons (Fsp3) is 0.348. The van der Waals surface area contributed by atoms with Gasteiger partial charge in [0.1, 0.15) is 23.0 Å². The molecule has 16 heteroatoms. The van der Waals surface area contributed by atoms with Crippen molar-refractivity contribution in [3.8, 4) is 23.0 Å². The molecule has 14 nitrogen and oxygen atoms in total. The van der Waals surface area contributed by atoms with Crippen LogP contribution >= 0.6 is 24.4 Å². The number of hydrogen-bond donors (Lipinski definition) is 0. The molecule has 8 bridgehead atoms. The van der Waals surface area contributed by atoms with E-state index in [-0.39, 0.29) is 52.1 Å². The molecular formula is C46H46N2O12S2. The summed E-state index contributed by atoms with van der Waals surface area (Å²) in [6.45, 7) is 5.82. The van der Waals surface area contributed by atoms with Crippen LogP contribution in [0.2, 0.25) is 0 Å². The lowest BCUT2D eigenvalue weighted by molar-refractivity contribution is -0.146. The molecule has 0 radical (unpaired) electrons. The molecule has 0 aliphatic heterocycles. The Morgan fingerprint density at radius 2 is 0.694 bits per heavy atom. The highest BCUT2D eigenvalue weighted by molar-refractivity contribution is 7.78. The zero-order valence-electron chi connectivity index (χ0n) is 34.9. The first-order valence-corrected chi connectivity index (χ1v) is 20.7. The van der Waals surface area contributed by atoms with Gasteiger partial charge in [0.25, 0.3) is 0 Å². The van der Waals surface area contributed by atoms with E-state index in [0.717, 1.165) is 0 Å². The van der Waals surface area contributed by atoms with Gasteiger partial charge in [-0.25, -0.2) is 19.2 Å². The summed E-state index contributed by atoms with van der Waals surface area (Å²) >= 11 is 10.1. The Kier molecular flexibility index (Phi) is 17.7. The van der Waals surface area contributed by atoms with Crippen LogP contribution in [0.3, 0.4) is 0 Å². The van der Waals surface area contributed by atoms with Crippen LogP contribution in [0, 0.1) is 0 Å². The minimum Gasteiger partial charge on any atom is -0.481 e. The quantitative estimate of drug-likeness (QED) is 0.0365.